The van der Waals surface area contributed by atoms with E-state index in [1.54, 1.807) is 5.38 Å². The van der Waals surface area contributed by atoms with Crippen molar-refractivity contribution in [3.05, 3.63) is 52.9 Å². The van der Waals surface area contributed by atoms with Crippen LogP contribution in [0.2, 0.25) is 0 Å². The Morgan fingerprint density at radius 1 is 1.22 bits per heavy atom. The molecule has 0 radical (unpaired) electrons. The van der Waals surface area contributed by atoms with Crippen LogP contribution in [0.3, 0.4) is 0 Å². The molecule has 1 fully saturated rings. The number of rotatable bonds is 6. The van der Waals surface area contributed by atoms with Crippen LogP contribution in [-0.2, 0) is 16.6 Å². The molecular formula is C20H26N2O3S2. The summed E-state index contributed by atoms with van der Waals surface area (Å²) in [5.74, 6) is 0.578. The third-order valence-corrected chi connectivity index (χ3v) is 8.38. The summed E-state index contributed by atoms with van der Waals surface area (Å²) in [6.45, 7) is 6.21. The van der Waals surface area contributed by atoms with Crippen molar-refractivity contribution in [2.24, 2.45) is 5.92 Å². The SMILES string of the molecule is CCN(Cc1ccccc1)S(=O)(=O)c1cc(C(=O)N2CCC(C)CC2)cs1. The van der Waals surface area contributed by atoms with Gasteiger partial charge in [-0.3, -0.25) is 4.79 Å². The fourth-order valence-electron chi connectivity index (χ4n) is 3.24. The van der Waals surface area contributed by atoms with E-state index in [1.165, 1.54) is 10.4 Å². The van der Waals surface area contributed by atoms with Gasteiger partial charge in [0, 0.05) is 31.6 Å². The smallest absolute Gasteiger partial charge is 0.254 e. The van der Waals surface area contributed by atoms with E-state index in [9.17, 15) is 13.2 Å². The second-order valence-electron chi connectivity index (χ2n) is 7.05. The average Bonchev–Trinajstić information content (AvgIpc) is 3.18. The third kappa shape index (κ3) is 4.59. The van der Waals surface area contributed by atoms with Gasteiger partial charge in [-0.2, -0.15) is 4.31 Å². The Hall–Kier alpha value is -1.70. The highest BCUT2D eigenvalue weighted by atomic mass is 32.2. The normalized spacial score (nSPS) is 16.0. The minimum absolute atomic E-state index is 0.0642. The predicted molar refractivity (Wildman–Crippen MR) is 108 cm³/mol. The number of likely N-dealkylation sites (tertiary alicyclic amines) is 1. The summed E-state index contributed by atoms with van der Waals surface area (Å²) in [6, 6.07) is 11.1. The Bertz CT molecular complexity index is 870. The number of nitrogens with zero attached hydrogens (tertiary/aromatic N) is 2. The van der Waals surface area contributed by atoms with E-state index < -0.39 is 10.0 Å². The molecule has 0 bridgehead atoms. The van der Waals surface area contributed by atoms with Crippen molar-refractivity contribution < 1.29 is 13.2 Å². The van der Waals surface area contributed by atoms with E-state index >= 15 is 0 Å². The van der Waals surface area contributed by atoms with Gasteiger partial charge in [0.05, 0.1) is 5.56 Å². The lowest BCUT2D eigenvalue weighted by Crippen LogP contribution is -2.37. The highest BCUT2D eigenvalue weighted by Gasteiger charge is 2.28. The molecule has 0 N–H and O–H groups in total. The van der Waals surface area contributed by atoms with E-state index in [-0.39, 0.29) is 10.1 Å². The van der Waals surface area contributed by atoms with Crippen LogP contribution in [0.1, 0.15) is 42.6 Å². The molecular weight excluding hydrogens is 380 g/mol. The third-order valence-electron chi connectivity index (χ3n) is 5.04. The number of amides is 1. The van der Waals surface area contributed by atoms with Crippen LogP contribution in [0, 0.1) is 5.92 Å². The number of carbonyl (C=O) groups is 1. The monoisotopic (exact) mass is 406 g/mol. The summed E-state index contributed by atoms with van der Waals surface area (Å²) in [6.07, 6.45) is 2.00. The first-order valence-corrected chi connectivity index (χ1v) is 11.7. The quantitative estimate of drug-likeness (QED) is 0.733. The Morgan fingerprint density at radius 3 is 2.52 bits per heavy atom. The molecule has 1 saturated heterocycles. The molecule has 146 valence electrons. The standard InChI is InChI=1S/C20H26N2O3S2/c1-3-22(14-17-7-5-4-6-8-17)27(24,25)19-13-18(15-26-19)20(23)21-11-9-16(2)10-12-21/h4-8,13,15-16H,3,9-12,14H2,1-2H3. The summed E-state index contributed by atoms with van der Waals surface area (Å²) >= 11 is 1.13. The Kier molecular flexibility index (Phi) is 6.34. The molecule has 0 unspecified atom stereocenters. The molecule has 3 rings (SSSR count). The number of hydrogen-bond acceptors (Lipinski definition) is 4. The summed E-state index contributed by atoms with van der Waals surface area (Å²) < 4.78 is 27.7. The molecule has 1 amide bonds. The summed E-state index contributed by atoms with van der Waals surface area (Å²) in [5, 5.41) is 1.67. The van der Waals surface area contributed by atoms with Gasteiger partial charge in [-0.25, -0.2) is 8.42 Å². The molecule has 2 heterocycles. The highest BCUT2D eigenvalue weighted by molar-refractivity contribution is 7.91. The van der Waals surface area contributed by atoms with Crippen LogP contribution in [0.15, 0.2) is 46.0 Å². The Labute approximate surface area is 165 Å². The maximum Gasteiger partial charge on any atom is 0.254 e. The topological polar surface area (TPSA) is 57.7 Å². The van der Waals surface area contributed by atoms with Crippen LogP contribution >= 0.6 is 11.3 Å². The Morgan fingerprint density at radius 2 is 1.89 bits per heavy atom. The van der Waals surface area contributed by atoms with E-state index in [2.05, 4.69) is 6.92 Å². The first kappa shape index (κ1) is 20.0. The second kappa shape index (κ2) is 8.54. The molecule has 2 aromatic rings. The van der Waals surface area contributed by atoms with Crippen molar-refractivity contribution in [3.63, 3.8) is 0 Å². The zero-order valence-corrected chi connectivity index (χ0v) is 17.4. The molecule has 27 heavy (non-hydrogen) atoms. The average molecular weight is 407 g/mol. The van der Waals surface area contributed by atoms with Gasteiger partial charge in [0.2, 0.25) is 0 Å². The van der Waals surface area contributed by atoms with Crippen LogP contribution in [0.25, 0.3) is 0 Å². The lowest BCUT2D eigenvalue weighted by atomic mass is 9.99. The molecule has 0 spiro atoms. The molecule has 1 aromatic carbocycles. The van der Waals surface area contributed by atoms with Crippen molar-refractivity contribution in [3.8, 4) is 0 Å². The van der Waals surface area contributed by atoms with E-state index in [0.29, 0.717) is 24.6 Å². The van der Waals surface area contributed by atoms with Gasteiger partial charge in [-0.1, -0.05) is 44.2 Å². The zero-order valence-electron chi connectivity index (χ0n) is 15.8. The molecule has 0 aliphatic carbocycles. The lowest BCUT2D eigenvalue weighted by molar-refractivity contribution is 0.0697. The number of sulfonamides is 1. The summed E-state index contributed by atoms with van der Waals surface area (Å²) in [7, 11) is -3.62. The maximum absolute atomic E-state index is 13.0. The van der Waals surface area contributed by atoms with Crippen molar-refractivity contribution in [1.82, 2.24) is 9.21 Å². The van der Waals surface area contributed by atoms with Crippen molar-refractivity contribution in [2.45, 2.75) is 37.4 Å². The fraction of sp³-hybridized carbons (Fsp3) is 0.450. The minimum Gasteiger partial charge on any atom is -0.339 e. The molecule has 5 nitrogen and oxygen atoms in total. The number of carbonyl (C=O) groups excluding carboxylic acids is 1. The molecule has 0 atom stereocenters. The van der Waals surface area contributed by atoms with Gasteiger partial charge >= 0.3 is 0 Å². The van der Waals surface area contributed by atoms with Crippen molar-refractivity contribution >= 4 is 27.3 Å². The molecule has 0 saturated carbocycles. The number of hydrogen-bond donors (Lipinski definition) is 0. The minimum atomic E-state index is -3.62. The van der Waals surface area contributed by atoms with E-state index in [4.69, 9.17) is 0 Å². The largest absolute Gasteiger partial charge is 0.339 e. The molecule has 1 aliphatic rings. The second-order valence-corrected chi connectivity index (χ2v) is 10.1. The highest BCUT2D eigenvalue weighted by Crippen LogP contribution is 2.27. The lowest BCUT2D eigenvalue weighted by Gasteiger charge is -2.30. The van der Waals surface area contributed by atoms with Gasteiger partial charge in [-0.15, -0.1) is 11.3 Å². The van der Waals surface area contributed by atoms with Crippen LogP contribution < -0.4 is 0 Å². The zero-order chi connectivity index (χ0) is 19.4. The van der Waals surface area contributed by atoms with Gasteiger partial charge in [0.15, 0.2) is 0 Å². The van der Waals surface area contributed by atoms with Crippen molar-refractivity contribution in [2.75, 3.05) is 19.6 Å². The van der Waals surface area contributed by atoms with Crippen LogP contribution in [0.4, 0.5) is 0 Å². The molecule has 1 aromatic heterocycles. The maximum atomic E-state index is 13.0. The van der Waals surface area contributed by atoms with Crippen molar-refractivity contribution in [1.29, 1.82) is 0 Å². The Balaban J connectivity index is 1.76. The van der Waals surface area contributed by atoms with Crippen LogP contribution in [-0.4, -0.2) is 43.2 Å². The first-order valence-electron chi connectivity index (χ1n) is 9.33. The van der Waals surface area contributed by atoms with E-state index in [0.717, 1.165) is 42.8 Å². The molecule has 1 aliphatic heterocycles. The van der Waals surface area contributed by atoms with Crippen LogP contribution in [0.5, 0.6) is 0 Å². The van der Waals surface area contributed by atoms with Gasteiger partial charge in [-0.05, 0) is 30.4 Å². The summed E-state index contributed by atoms with van der Waals surface area (Å²) in [5.41, 5.74) is 1.42. The number of thiophene rings is 1. The van der Waals surface area contributed by atoms with Gasteiger partial charge in [0.25, 0.3) is 15.9 Å². The van der Waals surface area contributed by atoms with E-state index in [1.807, 2.05) is 42.2 Å². The number of piperidine rings is 1. The van der Waals surface area contributed by atoms with Gasteiger partial charge in [0.1, 0.15) is 4.21 Å². The summed E-state index contributed by atoms with van der Waals surface area (Å²) in [4.78, 5) is 14.5. The number of benzene rings is 1. The van der Waals surface area contributed by atoms with Gasteiger partial charge < -0.3 is 4.90 Å². The molecule has 7 heteroatoms. The fourth-order valence-corrected chi connectivity index (χ4v) is 5.98. The predicted octanol–water partition coefficient (Wildman–Crippen LogP) is 3.83. The first-order chi connectivity index (χ1) is 12.9.